The van der Waals surface area contributed by atoms with E-state index in [9.17, 15) is 0 Å². The summed E-state index contributed by atoms with van der Waals surface area (Å²) in [5.41, 5.74) is 8.06. The monoisotopic (exact) mass is 328 g/mol. The van der Waals surface area contributed by atoms with Gasteiger partial charge in [0.1, 0.15) is 5.84 Å². The van der Waals surface area contributed by atoms with Crippen molar-refractivity contribution in [3.05, 3.63) is 76.7 Å². The fourth-order valence-corrected chi connectivity index (χ4v) is 3.29. The predicted octanol–water partition coefficient (Wildman–Crippen LogP) is 4.86. The van der Waals surface area contributed by atoms with E-state index in [4.69, 9.17) is 11.1 Å². The van der Waals surface area contributed by atoms with Gasteiger partial charge in [0.25, 0.3) is 0 Å². The summed E-state index contributed by atoms with van der Waals surface area (Å²) in [6.07, 6.45) is 5.19. The molecule has 0 unspecified atom stereocenters. The van der Waals surface area contributed by atoms with E-state index in [2.05, 4.69) is 42.5 Å². The Hall–Kier alpha value is -2.10. The molecule has 2 nitrogen and oxygen atoms in total. The van der Waals surface area contributed by atoms with Crippen molar-refractivity contribution in [1.82, 2.24) is 0 Å². The van der Waals surface area contributed by atoms with E-state index in [1.165, 1.54) is 21.2 Å². The second-order valence-electron chi connectivity index (χ2n) is 4.87. The Bertz CT molecular complexity index is 806. The number of fused-ring (bicyclic) bond motifs is 1. The number of hydrogen-bond acceptors (Lipinski definition) is 2. The summed E-state index contributed by atoms with van der Waals surface area (Å²) in [5.74, 6) is 0.141. The van der Waals surface area contributed by atoms with Crippen molar-refractivity contribution in [2.75, 3.05) is 0 Å². The van der Waals surface area contributed by atoms with Crippen LogP contribution in [0.2, 0.25) is 0 Å². The largest absolute Gasteiger partial charge is 0.383 e. The van der Waals surface area contributed by atoms with Crippen LogP contribution in [0.4, 0.5) is 0 Å². The molecule has 1 heterocycles. The van der Waals surface area contributed by atoms with Crippen LogP contribution in [0, 0.1) is 5.41 Å². The van der Waals surface area contributed by atoms with Crippen LogP contribution in [-0.4, -0.2) is 5.84 Å². The molecule has 4 heteroatoms. The van der Waals surface area contributed by atoms with Crippen molar-refractivity contribution in [2.45, 2.75) is 6.42 Å². The first-order chi connectivity index (χ1) is 10.2. The summed E-state index contributed by atoms with van der Waals surface area (Å²) in [6, 6.07) is 18.6. The zero-order valence-electron chi connectivity index (χ0n) is 12.0. The molecule has 0 aliphatic heterocycles. The highest BCUT2D eigenvalue weighted by atomic mass is 35.5. The third-order valence-electron chi connectivity index (χ3n) is 3.36. The topological polar surface area (TPSA) is 49.9 Å². The maximum absolute atomic E-state index is 7.56. The van der Waals surface area contributed by atoms with Crippen LogP contribution in [0.3, 0.4) is 0 Å². The lowest BCUT2D eigenvalue weighted by Gasteiger charge is -1.99. The highest BCUT2D eigenvalue weighted by molar-refractivity contribution is 7.20. The summed E-state index contributed by atoms with van der Waals surface area (Å²) in [4.78, 5) is 0.837. The zero-order valence-corrected chi connectivity index (χ0v) is 13.6. The molecule has 0 fully saturated rings. The zero-order chi connectivity index (χ0) is 14.7. The maximum atomic E-state index is 7.56. The fraction of sp³-hybridized carbons (Fsp3) is 0.0556. The first-order valence-corrected chi connectivity index (χ1v) is 7.63. The predicted molar refractivity (Wildman–Crippen MR) is 99.3 cm³/mol. The fourth-order valence-electron chi connectivity index (χ4n) is 2.32. The Balaban J connectivity index is 0.00000176. The molecule has 3 N–H and O–H groups in total. The molecule has 1 aromatic heterocycles. The van der Waals surface area contributed by atoms with Gasteiger partial charge in [-0.3, -0.25) is 5.41 Å². The Morgan fingerprint density at radius 1 is 1.09 bits per heavy atom. The lowest BCUT2D eigenvalue weighted by molar-refractivity contribution is 1.31. The van der Waals surface area contributed by atoms with E-state index < -0.39 is 0 Å². The third-order valence-corrected chi connectivity index (χ3v) is 4.50. The van der Waals surface area contributed by atoms with Crippen molar-refractivity contribution in [1.29, 1.82) is 5.41 Å². The molecule has 0 bridgehead atoms. The van der Waals surface area contributed by atoms with Crippen LogP contribution in [0.15, 0.2) is 60.7 Å². The molecule has 0 amide bonds. The van der Waals surface area contributed by atoms with Crippen molar-refractivity contribution >= 4 is 45.7 Å². The highest BCUT2D eigenvalue weighted by Crippen LogP contribution is 2.28. The van der Waals surface area contributed by atoms with Gasteiger partial charge in [-0.1, -0.05) is 54.6 Å². The molecule has 0 saturated heterocycles. The molecule has 0 saturated carbocycles. The molecule has 112 valence electrons. The van der Waals surface area contributed by atoms with Gasteiger partial charge < -0.3 is 5.73 Å². The van der Waals surface area contributed by atoms with E-state index in [1.807, 2.05) is 24.3 Å². The van der Waals surface area contributed by atoms with Gasteiger partial charge in [0, 0.05) is 4.70 Å². The normalized spacial score (nSPS) is 10.7. The Morgan fingerprint density at radius 2 is 1.86 bits per heavy atom. The van der Waals surface area contributed by atoms with Gasteiger partial charge >= 0.3 is 0 Å². The number of benzene rings is 2. The van der Waals surface area contributed by atoms with Gasteiger partial charge in [0.15, 0.2) is 0 Å². The lowest BCUT2D eigenvalue weighted by Crippen LogP contribution is -2.08. The quantitative estimate of drug-likeness (QED) is 0.521. The number of nitrogens with one attached hydrogen (secondary N) is 1. The van der Waals surface area contributed by atoms with Crippen molar-refractivity contribution in [2.24, 2.45) is 5.73 Å². The lowest BCUT2D eigenvalue weighted by atomic mass is 10.1. The average molecular weight is 329 g/mol. The number of thiophene rings is 1. The van der Waals surface area contributed by atoms with E-state index in [-0.39, 0.29) is 18.2 Å². The van der Waals surface area contributed by atoms with Crippen LogP contribution in [0.1, 0.15) is 16.0 Å². The summed E-state index contributed by atoms with van der Waals surface area (Å²) >= 11 is 1.58. The summed E-state index contributed by atoms with van der Waals surface area (Å²) < 4.78 is 1.19. The van der Waals surface area contributed by atoms with E-state index in [0.717, 1.165) is 11.3 Å². The molecule has 22 heavy (non-hydrogen) atoms. The van der Waals surface area contributed by atoms with Crippen LogP contribution in [0.25, 0.3) is 16.2 Å². The SMILES string of the molecule is Cl.N=C(N)c1cc2c(C/C=C/c3ccccc3)cccc2s1. The molecule has 3 rings (SSSR count). The number of allylic oxidation sites excluding steroid dienone is 1. The van der Waals surface area contributed by atoms with Crippen LogP contribution < -0.4 is 5.73 Å². The van der Waals surface area contributed by atoms with Gasteiger partial charge in [-0.05, 0) is 35.1 Å². The number of amidine groups is 1. The number of nitrogens with two attached hydrogens (primary N) is 1. The van der Waals surface area contributed by atoms with Crippen LogP contribution >= 0.6 is 23.7 Å². The van der Waals surface area contributed by atoms with Gasteiger partial charge in [-0.25, -0.2) is 0 Å². The minimum absolute atomic E-state index is 0. The van der Waals surface area contributed by atoms with Gasteiger partial charge in [0.2, 0.25) is 0 Å². The standard InChI is InChI=1S/C18H16N2S.ClH/c19-18(20)17-12-15-14(10-5-11-16(15)21-17)9-4-8-13-6-2-1-3-7-13;/h1-8,10-12H,9H2,(H3,19,20);1H/b8-4+;. The average Bonchev–Trinajstić information content (AvgIpc) is 2.94. The molecule has 0 spiro atoms. The van der Waals surface area contributed by atoms with Gasteiger partial charge in [0.05, 0.1) is 4.88 Å². The number of hydrogen-bond donors (Lipinski definition) is 2. The minimum Gasteiger partial charge on any atom is -0.383 e. The van der Waals surface area contributed by atoms with Crippen molar-refractivity contribution in [3.8, 4) is 0 Å². The number of nitrogen functional groups attached to an aromatic ring is 1. The van der Waals surface area contributed by atoms with E-state index >= 15 is 0 Å². The summed E-state index contributed by atoms with van der Waals surface area (Å²) in [7, 11) is 0. The van der Waals surface area contributed by atoms with Crippen molar-refractivity contribution in [3.63, 3.8) is 0 Å². The van der Waals surface area contributed by atoms with Gasteiger partial charge in [-0.2, -0.15) is 0 Å². The Morgan fingerprint density at radius 3 is 2.59 bits per heavy atom. The summed E-state index contributed by atoms with van der Waals surface area (Å²) in [5, 5.41) is 8.76. The second kappa shape index (κ2) is 7.25. The maximum Gasteiger partial charge on any atom is 0.133 e. The minimum atomic E-state index is 0. The Kier molecular flexibility index (Phi) is 5.36. The van der Waals surface area contributed by atoms with Crippen LogP contribution in [-0.2, 0) is 6.42 Å². The molecular weight excluding hydrogens is 312 g/mol. The van der Waals surface area contributed by atoms with Crippen molar-refractivity contribution < 1.29 is 0 Å². The third kappa shape index (κ3) is 3.56. The highest BCUT2D eigenvalue weighted by Gasteiger charge is 2.06. The Labute approximate surface area is 140 Å². The van der Waals surface area contributed by atoms with Crippen LogP contribution in [0.5, 0.6) is 0 Å². The molecule has 0 radical (unpaired) electrons. The molecule has 0 atom stereocenters. The molecule has 3 aromatic rings. The van der Waals surface area contributed by atoms with E-state index in [1.54, 1.807) is 11.3 Å². The first kappa shape index (κ1) is 16.3. The molecule has 0 aliphatic carbocycles. The second-order valence-corrected chi connectivity index (χ2v) is 5.95. The number of halogens is 1. The molecule has 0 aliphatic rings. The van der Waals surface area contributed by atoms with Gasteiger partial charge in [-0.15, -0.1) is 23.7 Å². The summed E-state index contributed by atoms with van der Waals surface area (Å²) in [6.45, 7) is 0. The molecule has 2 aromatic carbocycles. The first-order valence-electron chi connectivity index (χ1n) is 6.81. The van der Waals surface area contributed by atoms with E-state index in [0.29, 0.717) is 0 Å². The molecular formula is C18H17ClN2S. The number of rotatable bonds is 4. The smallest absolute Gasteiger partial charge is 0.133 e.